The van der Waals surface area contributed by atoms with Crippen molar-refractivity contribution in [1.29, 1.82) is 0 Å². The SMILES string of the molecule is CC(C)(C)OC(=O)NC1CCCC(c2ncnc3[nH]ccc23)C1. The zero-order valence-corrected chi connectivity index (χ0v) is 13.9. The van der Waals surface area contributed by atoms with Crippen LogP contribution in [0.15, 0.2) is 18.6 Å². The van der Waals surface area contributed by atoms with E-state index < -0.39 is 5.60 Å². The van der Waals surface area contributed by atoms with Gasteiger partial charge in [0.05, 0.1) is 5.69 Å². The molecule has 2 heterocycles. The van der Waals surface area contributed by atoms with Gasteiger partial charge in [0.25, 0.3) is 0 Å². The van der Waals surface area contributed by atoms with Crippen molar-refractivity contribution in [2.75, 3.05) is 0 Å². The van der Waals surface area contributed by atoms with Crippen LogP contribution in [-0.4, -0.2) is 32.7 Å². The van der Waals surface area contributed by atoms with Gasteiger partial charge in [0, 0.05) is 23.5 Å². The zero-order chi connectivity index (χ0) is 16.4. The number of hydrogen-bond donors (Lipinski definition) is 2. The van der Waals surface area contributed by atoms with E-state index in [0.29, 0.717) is 5.92 Å². The third-order valence-corrected chi connectivity index (χ3v) is 4.17. The number of carbonyl (C=O) groups is 1. The molecule has 1 aliphatic carbocycles. The number of nitrogens with one attached hydrogen (secondary N) is 2. The van der Waals surface area contributed by atoms with E-state index in [1.807, 2.05) is 33.0 Å². The van der Waals surface area contributed by atoms with E-state index in [4.69, 9.17) is 4.74 Å². The van der Waals surface area contributed by atoms with E-state index in [1.165, 1.54) is 0 Å². The summed E-state index contributed by atoms with van der Waals surface area (Å²) in [6.45, 7) is 5.62. The van der Waals surface area contributed by atoms with Crippen molar-refractivity contribution in [3.05, 3.63) is 24.3 Å². The number of aromatic nitrogens is 3. The number of aromatic amines is 1. The van der Waals surface area contributed by atoms with E-state index >= 15 is 0 Å². The quantitative estimate of drug-likeness (QED) is 0.888. The molecule has 2 aromatic rings. The smallest absolute Gasteiger partial charge is 0.407 e. The van der Waals surface area contributed by atoms with E-state index in [2.05, 4.69) is 20.3 Å². The molecule has 0 bridgehead atoms. The highest BCUT2D eigenvalue weighted by atomic mass is 16.6. The number of ether oxygens (including phenoxy) is 1. The second-order valence-corrected chi connectivity index (χ2v) is 7.21. The van der Waals surface area contributed by atoms with Crippen molar-refractivity contribution < 1.29 is 9.53 Å². The zero-order valence-electron chi connectivity index (χ0n) is 13.9. The molecule has 6 nitrogen and oxygen atoms in total. The lowest BCUT2D eigenvalue weighted by molar-refractivity contribution is 0.0490. The largest absolute Gasteiger partial charge is 0.444 e. The highest BCUT2D eigenvalue weighted by Crippen LogP contribution is 2.34. The summed E-state index contributed by atoms with van der Waals surface area (Å²) >= 11 is 0. The summed E-state index contributed by atoms with van der Waals surface area (Å²) < 4.78 is 5.36. The molecule has 2 atom stereocenters. The molecule has 2 unspecified atom stereocenters. The molecule has 0 saturated heterocycles. The van der Waals surface area contributed by atoms with Gasteiger partial charge in [-0.05, 0) is 46.1 Å². The highest BCUT2D eigenvalue weighted by Gasteiger charge is 2.28. The molecular weight excluding hydrogens is 292 g/mol. The fourth-order valence-electron chi connectivity index (χ4n) is 3.26. The monoisotopic (exact) mass is 316 g/mol. The standard InChI is InChI=1S/C17H24N4O2/c1-17(2,3)23-16(22)21-12-6-4-5-11(9-12)14-13-7-8-18-15(13)20-10-19-14/h7-8,10-12H,4-6,9H2,1-3H3,(H,21,22)(H,18,19,20). The van der Waals surface area contributed by atoms with Crippen molar-refractivity contribution in [3.8, 4) is 0 Å². The first-order chi connectivity index (χ1) is 10.9. The van der Waals surface area contributed by atoms with Crippen LogP contribution in [0.3, 0.4) is 0 Å². The maximum atomic E-state index is 12.0. The Labute approximate surface area is 136 Å². The lowest BCUT2D eigenvalue weighted by atomic mass is 9.83. The van der Waals surface area contributed by atoms with Gasteiger partial charge in [0.15, 0.2) is 0 Å². The Morgan fingerprint density at radius 3 is 2.96 bits per heavy atom. The molecule has 124 valence electrons. The van der Waals surface area contributed by atoms with Gasteiger partial charge in [0.1, 0.15) is 17.6 Å². The molecule has 1 amide bonds. The minimum atomic E-state index is -0.470. The predicted octanol–water partition coefficient (Wildman–Crippen LogP) is 3.51. The summed E-state index contributed by atoms with van der Waals surface area (Å²) in [7, 11) is 0. The van der Waals surface area contributed by atoms with E-state index in [9.17, 15) is 4.79 Å². The third kappa shape index (κ3) is 3.81. The van der Waals surface area contributed by atoms with Gasteiger partial charge in [-0.1, -0.05) is 6.42 Å². The van der Waals surface area contributed by atoms with Gasteiger partial charge in [-0.3, -0.25) is 0 Å². The van der Waals surface area contributed by atoms with Gasteiger partial charge in [-0.15, -0.1) is 0 Å². The summed E-state index contributed by atoms with van der Waals surface area (Å²) in [6.07, 6.45) is 7.19. The minimum Gasteiger partial charge on any atom is -0.444 e. The Hall–Kier alpha value is -2.11. The average molecular weight is 316 g/mol. The summed E-state index contributed by atoms with van der Waals surface area (Å²) in [5.74, 6) is 0.338. The van der Waals surface area contributed by atoms with E-state index in [0.717, 1.165) is 42.4 Å². The molecule has 23 heavy (non-hydrogen) atoms. The molecule has 0 aromatic carbocycles. The van der Waals surface area contributed by atoms with Crippen LogP contribution in [0.4, 0.5) is 4.79 Å². The van der Waals surface area contributed by atoms with E-state index in [-0.39, 0.29) is 12.1 Å². The summed E-state index contributed by atoms with van der Waals surface area (Å²) in [5.41, 5.74) is 1.48. The second kappa shape index (κ2) is 6.18. The number of nitrogens with zero attached hydrogens (tertiary/aromatic N) is 2. The van der Waals surface area contributed by atoms with Gasteiger partial charge >= 0.3 is 6.09 Å². The number of amides is 1. The minimum absolute atomic E-state index is 0.132. The molecule has 1 aliphatic rings. The van der Waals surface area contributed by atoms with Crippen molar-refractivity contribution in [1.82, 2.24) is 20.3 Å². The molecule has 0 radical (unpaired) electrons. The first-order valence-electron chi connectivity index (χ1n) is 8.20. The van der Waals surface area contributed by atoms with E-state index in [1.54, 1.807) is 6.33 Å². The van der Waals surface area contributed by atoms with Gasteiger partial charge < -0.3 is 15.0 Å². The van der Waals surface area contributed by atoms with Gasteiger partial charge in [-0.2, -0.15) is 0 Å². The molecule has 1 saturated carbocycles. The summed E-state index contributed by atoms with van der Waals surface area (Å²) in [5, 5.41) is 4.08. The van der Waals surface area contributed by atoms with Crippen molar-refractivity contribution in [2.24, 2.45) is 0 Å². The molecule has 0 spiro atoms. The van der Waals surface area contributed by atoms with Crippen molar-refractivity contribution in [2.45, 2.75) is 64.0 Å². The van der Waals surface area contributed by atoms with Crippen molar-refractivity contribution in [3.63, 3.8) is 0 Å². The topological polar surface area (TPSA) is 79.9 Å². The fourth-order valence-corrected chi connectivity index (χ4v) is 3.26. The van der Waals surface area contributed by atoms with Gasteiger partial charge in [0.2, 0.25) is 0 Å². The molecule has 2 aromatic heterocycles. The van der Waals surface area contributed by atoms with Crippen LogP contribution in [0.25, 0.3) is 11.0 Å². The average Bonchev–Trinajstić information content (AvgIpc) is 2.93. The van der Waals surface area contributed by atoms with Crippen LogP contribution < -0.4 is 5.32 Å². The maximum Gasteiger partial charge on any atom is 0.407 e. The number of carbonyl (C=O) groups excluding carboxylic acids is 1. The van der Waals surface area contributed by atoms with Crippen LogP contribution >= 0.6 is 0 Å². The molecule has 1 fully saturated rings. The first kappa shape index (κ1) is 15.8. The normalized spacial score (nSPS) is 22.0. The number of hydrogen-bond acceptors (Lipinski definition) is 4. The summed E-state index contributed by atoms with van der Waals surface area (Å²) in [6, 6.07) is 2.16. The highest BCUT2D eigenvalue weighted by molar-refractivity contribution is 5.78. The van der Waals surface area contributed by atoms with Crippen LogP contribution in [0.2, 0.25) is 0 Å². The maximum absolute atomic E-state index is 12.0. The number of H-pyrrole nitrogens is 1. The Kier molecular flexibility index (Phi) is 4.24. The van der Waals surface area contributed by atoms with Crippen LogP contribution in [-0.2, 0) is 4.74 Å². The van der Waals surface area contributed by atoms with Crippen LogP contribution in [0.1, 0.15) is 58.1 Å². The fraction of sp³-hybridized carbons (Fsp3) is 0.588. The van der Waals surface area contributed by atoms with Crippen LogP contribution in [0, 0.1) is 0 Å². The predicted molar refractivity (Wildman–Crippen MR) is 88.3 cm³/mol. The lowest BCUT2D eigenvalue weighted by Crippen LogP contribution is -2.41. The molecule has 2 N–H and O–H groups in total. The first-order valence-corrected chi connectivity index (χ1v) is 8.20. The van der Waals surface area contributed by atoms with Crippen LogP contribution in [0.5, 0.6) is 0 Å². The molecule has 0 aliphatic heterocycles. The number of alkyl carbamates (subject to hydrolysis) is 1. The number of fused-ring (bicyclic) bond motifs is 1. The lowest BCUT2D eigenvalue weighted by Gasteiger charge is -2.30. The Balaban J connectivity index is 1.69. The Bertz CT molecular complexity index is 689. The summed E-state index contributed by atoms with van der Waals surface area (Å²) in [4.78, 5) is 23.9. The molecule has 6 heteroatoms. The molecular formula is C17H24N4O2. The third-order valence-electron chi connectivity index (χ3n) is 4.17. The Morgan fingerprint density at radius 1 is 1.35 bits per heavy atom. The Morgan fingerprint density at radius 2 is 2.17 bits per heavy atom. The second-order valence-electron chi connectivity index (χ2n) is 7.21. The molecule has 3 rings (SSSR count). The number of rotatable bonds is 2. The van der Waals surface area contributed by atoms with Gasteiger partial charge in [-0.25, -0.2) is 14.8 Å². The van der Waals surface area contributed by atoms with Crippen molar-refractivity contribution >= 4 is 17.1 Å².